The van der Waals surface area contributed by atoms with Crippen molar-refractivity contribution in [3.05, 3.63) is 54.2 Å². The summed E-state index contributed by atoms with van der Waals surface area (Å²) in [6, 6.07) is 7.21. The first kappa shape index (κ1) is 16.5. The number of nitrogens with one attached hydrogen (secondary N) is 1. The van der Waals surface area contributed by atoms with Gasteiger partial charge < -0.3 is 15.3 Å². The lowest BCUT2D eigenvalue weighted by Gasteiger charge is -2.37. The van der Waals surface area contributed by atoms with E-state index >= 15 is 0 Å². The third kappa shape index (κ3) is 2.99. The van der Waals surface area contributed by atoms with Gasteiger partial charge in [0.2, 0.25) is 0 Å². The Morgan fingerprint density at radius 1 is 1.27 bits per heavy atom. The van der Waals surface area contributed by atoms with Gasteiger partial charge in [-0.2, -0.15) is 0 Å². The molecule has 4 heterocycles. The fourth-order valence-electron chi connectivity index (χ4n) is 3.22. The van der Waals surface area contributed by atoms with Gasteiger partial charge in [-0.25, -0.2) is 4.79 Å². The predicted molar refractivity (Wildman–Crippen MR) is 95.7 cm³/mol. The highest BCUT2D eigenvalue weighted by molar-refractivity contribution is 5.93. The normalized spacial score (nSPS) is 16.6. The van der Waals surface area contributed by atoms with Crippen LogP contribution in [0.5, 0.6) is 0 Å². The Kier molecular flexibility index (Phi) is 4.04. The van der Waals surface area contributed by atoms with Crippen LogP contribution < -0.4 is 5.32 Å². The molecular formula is C18H20N6O2. The molecule has 1 fully saturated rings. The molecule has 8 heteroatoms. The van der Waals surface area contributed by atoms with Crippen molar-refractivity contribution in [2.45, 2.75) is 25.4 Å². The number of hydrogen-bond acceptors (Lipinski definition) is 5. The highest BCUT2D eigenvalue weighted by Gasteiger charge is 2.36. The van der Waals surface area contributed by atoms with Gasteiger partial charge in [-0.15, -0.1) is 10.2 Å². The molecule has 0 saturated carbocycles. The van der Waals surface area contributed by atoms with E-state index in [1.165, 1.54) is 0 Å². The molecule has 2 N–H and O–H groups in total. The summed E-state index contributed by atoms with van der Waals surface area (Å²) in [5.41, 5.74) is 1.93. The number of carbonyl (C=O) groups is 1. The predicted octanol–water partition coefficient (Wildman–Crippen LogP) is 1.95. The number of urea groups is 1. The van der Waals surface area contributed by atoms with Crippen LogP contribution in [0.1, 0.15) is 24.1 Å². The van der Waals surface area contributed by atoms with Gasteiger partial charge in [-0.3, -0.25) is 9.38 Å². The van der Waals surface area contributed by atoms with Crippen molar-refractivity contribution in [2.75, 3.05) is 18.4 Å². The Morgan fingerprint density at radius 2 is 2.08 bits per heavy atom. The number of pyridine rings is 2. The summed E-state index contributed by atoms with van der Waals surface area (Å²) in [5, 5.41) is 21.6. The largest absolute Gasteiger partial charge is 0.383 e. The average molecular weight is 352 g/mol. The van der Waals surface area contributed by atoms with Gasteiger partial charge in [-0.1, -0.05) is 6.07 Å². The first-order valence-electron chi connectivity index (χ1n) is 8.55. The Balaban J connectivity index is 1.43. The van der Waals surface area contributed by atoms with Crippen LogP contribution in [0.15, 0.2) is 43.0 Å². The maximum Gasteiger partial charge on any atom is 0.321 e. The van der Waals surface area contributed by atoms with E-state index in [-0.39, 0.29) is 6.03 Å². The van der Waals surface area contributed by atoms with Crippen molar-refractivity contribution in [3.63, 3.8) is 0 Å². The molecule has 2 amide bonds. The molecule has 1 aliphatic rings. The van der Waals surface area contributed by atoms with E-state index in [1.807, 2.05) is 31.3 Å². The van der Waals surface area contributed by atoms with Crippen LogP contribution in [0.3, 0.4) is 0 Å². The Labute approximate surface area is 150 Å². The number of hydrogen-bond donors (Lipinski definition) is 2. The molecule has 3 aromatic rings. The number of aromatic nitrogens is 4. The zero-order valence-corrected chi connectivity index (χ0v) is 14.5. The fourth-order valence-corrected chi connectivity index (χ4v) is 3.22. The van der Waals surface area contributed by atoms with Crippen LogP contribution in [0.25, 0.3) is 5.65 Å². The Morgan fingerprint density at radius 3 is 2.81 bits per heavy atom. The van der Waals surface area contributed by atoms with Gasteiger partial charge in [0.25, 0.3) is 0 Å². The van der Waals surface area contributed by atoms with E-state index in [9.17, 15) is 9.90 Å². The number of aliphatic hydroxyl groups is 1. The van der Waals surface area contributed by atoms with Crippen LogP contribution in [0.2, 0.25) is 0 Å². The number of carbonyl (C=O) groups excluding carboxylic acids is 1. The van der Waals surface area contributed by atoms with Crippen LogP contribution in [0, 0.1) is 6.92 Å². The summed E-state index contributed by atoms with van der Waals surface area (Å²) >= 11 is 0. The van der Waals surface area contributed by atoms with Crippen molar-refractivity contribution in [1.29, 1.82) is 0 Å². The number of likely N-dealkylation sites (tertiary alicyclic amines) is 1. The number of rotatable bonds is 2. The number of fused-ring (bicyclic) bond motifs is 1. The number of anilines is 1. The number of nitrogens with zero attached hydrogens (tertiary/aromatic N) is 5. The molecule has 1 saturated heterocycles. The topological polar surface area (TPSA) is 95.7 Å². The van der Waals surface area contributed by atoms with Crippen molar-refractivity contribution in [2.24, 2.45) is 0 Å². The molecule has 0 aromatic carbocycles. The van der Waals surface area contributed by atoms with Crippen LogP contribution in [-0.2, 0) is 5.60 Å². The van der Waals surface area contributed by atoms with Crippen molar-refractivity contribution >= 4 is 17.4 Å². The van der Waals surface area contributed by atoms with Crippen LogP contribution in [0.4, 0.5) is 10.5 Å². The third-order valence-electron chi connectivity index (χ3n) is 4.83. The third-order valence-corrected chi connectivity index (χ3v) is 4.83. The minimum absolute atomic E-state index is 0.208. The monoisotopic (exact) mass is 352 g/mol. The zero-order valence-electron chi connectivity index (χ0n) is 14.5. The smallest absolute Gasteiger partial charge is 0.321 e. The summed E-state index contributed by atoms with van der Waals surface area (Å²) < 4.78 is 1.74. The zero-order chi connectivity index (χ0) is 18.1. The molecule has 4 rings (SSSR count). The molecule has 8 nitrogen and oxygen atoms in total. The van der Waals surface area contributed by atoms with E-state index in [2.05, 4.69) is 20.5 Å². The van der Waals surface area contributed by atoms with Crippen molar-refractivity contribution < 1.29 is 9.90 Å². The van der Waals surface area contributed by atoms with Crippen LogP contribution in [-0.4, -0.2) is 48.7 Å². The van der Waals surface area contributed by atoms with E-state index in [0.717, 1.165) is 5.56 Å². The van der Waals surface area contributed by atoms with Gasteiger partial charge in [-0.05, 0) is 43.5 Å². The molecule has 134 valence electrons. The summed E-state index contributed by atoms with van der Waals surface area (Å²) in [4.78, 5) is 18.6. The first-order chi connectivity index (χ1) is 12.5. The summed E-state index contributed by atoms with van der Waals surface area (Å²) in [6.45, 7) is 2.87. The van der Waals surface area contributed by atoms with Gasteiger partial charge in [0.05, 0.1) is 11.4 Å². The lowest BCUT2D eigenvalue weighted by molar-refractivity contribution is -0.0193. The quantitative estimate of drug-likeness (QED) is 0.735. The summed E-state index contributed by atoms with van der Waals surface area (Å²) in [6.07, 6.45) is 6.06. The maximum absolute atomic E-state index is 12.6. The molecular weight excluding hydrogens is 332 g/mol. The minimum Gasteiger partial charge on any atom is -0.383 e. The van der Waals surface area contributed by atoms with E-state index in [4.69, 9.17) is 0 Å². The van der Waals surface area contributed by atoms with E-state index in [1.54, 1.807) is 27.9 Å². The molecule has 0 bridgehead atoms. The Hall–Kier alpha value is -3.00. The molecule has 0 unspecified atom stereocenters. The van der Waals surface area contributed by atoms with Gasteiger partial charge in [0.15, 0.2) is 5.65 Å². The molecule has 0 atom stereocenters. The molecule has 26 heavy (non-hydrogen) atoms. The van der Waals surface area contributed by atoms with Gasteiger partial charge in [0, 0.05) is 25.5 Å². The van der Waals surface area contributed by atoms with E-state index in [0.29, 0.717) is 43.0 Å². The number of amides is 2. The molecule has 1 aliphatic heterocycles. The summed E-state index contributed by atoms with van der Waals surface area (Å²) in [7, 11) is 0. The first-order valence-corrected chi connectivity index (χ1v) is 8.55. The standard InChI is InChI=1S/C18H20N6O2/c1-13-4-5-15(19-11-13)18(26)6-9-23(10-7-18)17(25)21-14-3-2-8-24-12-20-22-16(14)24/h2-5,8,11-12,26H,6-7,9-10H2,1H3,(H,21,25). The second kappa shape index (κ2) is 6.38. The molecule has 0 aliphatic carbocycles. The van der Waals surface area contributed by atoms with Gasteiger partial charge in [0.1, 0.15) is 11.9 Å². The second-order valence-corrected chi connectivity index (χ2v) is 6.65. The summed E-state index contributed by atoms with van der Waals surface area (Å²) in [5.74, 6) is 0. The minimum atomic E-state index is -0.989. The van der Waals surface area contributed by atoms with Crippen molar-refractivity contribution in [3.8, 4) is 0 Å². The highest BCUT2D eigenvalue weighted by Crippen LogP contribution is 2.31. The SMILES string of the molecule is Cc1ccc(C2(O)CCN(C(=O)Nc3cccn4cnnc34)CC2)nc1. The number of aryl methyl sites for hydroxylation is 1. The highest BCUT2D eigenvalue weighted by atomic mass is 16.3. The number of piperidine rings is 1. The molecule has 0 radical (unpaired) electrons. The van der Waals surface area contributed by atoms with Crippen molar-refractivity contribution in [1.82, 2.24) is 24.5 Å². The average Bonchev–Trinajstić information content (AvgIpc) is 3.12. The Bertz CT molecular complexity index is 928. The fraction of sp³-hybridized carbons (Fsp3) is 0.333. The van der Waals surface area contributed by atoms with E-state index < -0.39 is 5.60 Å². The lowest BCUT2D eigenvalue weighted by atomic mass is 9.87. The molecule has 0 spiro atoms. The molecule has 3 aromatic heterocycles. The van der Waals surface area contributed by atoms with Crippen LogP contribution >= 0.6 is 0 Å². The maximum atomic E-state index is 12.6. The second-order valence-electron chi connectivity index (χ2n) is 6.65. The van der Waals surface area contributed by atoms with Gasteiger partial charge >= 0.3 is 6.03 Å². The lowest BCUT2D eigenvalue weighted by Crippen LogP contribution is -2.47.